The molecule has 90 valence electrons. The molecule has 2 rings (SSSR count). The van der Waals surface area contributed by atoms with Gasteiger partial charge in [-0.3, -0.25) is 4.90 Å². The standard InChI is InChI=1S/C16H21N/c1-3-11-17(4-2)13-14-9-10-15-7-5-6-8-16(15)12-14/h5-10,12H,3-4,11,13H2,1-2H3. The maximum absolute atomic E-state index is 2.49. The summed E-state index contributed by atoms with van der Waals surface area (Å²) in [6.45, 7) is 7.85. The molecule has 0 heterocycles. The Bertz CT molecular complexity index is 476. The van der Waals surface area contributed by atoms with Crippen molar-refractivity contribution in [3.05, 3.63) is 48.0 Å². The molecule has 1 nitrogen and oxygen atoms in total. The van der Waals surface area contributed by atoms with Gasteiger partial charge in [0.05, 0.1) is 0 Å². The molecule has 0 spiro atoms. The minimum Gasteiger partial charge on any atom is -0.299 e. The zero-order valence-electron chi connectivity index (χ0n) is 10.8. The number of rotatable bonds is 5. The number of benzene rings is 2. The Balaban J connectivity index is 2.18. The SMILES string of the molecule is CCCN(CC)Cc1ccc2ccccc2c1. The van der Waals surface area contributed by atoms with E-state index in [-0.39, 0.29) is 0 Å². The number of nitrogens with zero attached hydrogens (tertiary/aromatic N) is 1. The Morgan fingerprint density at radius 3 is 2.41 bits per heavy atom. The van der Waals surface area contributed by atoms with Gasteiger partial charge < -0.3 is 0 Å². The van der Waals surface area contributed by atoms with Crippen molar-refractivity contribution in [1.82, 2.24) is 4.90 Å². The second kappa shape index (κ2) is 5.83. The molecular weight excluding hydrogens is 206 g/mol. The van der Waals surface area contributed by atoms with Crippen molar-refractivity contribution in [3.8, 4) is 0 Å². The van der Waals surface area contributed by atoms with Crippen molar-refractivity contribution >= 4 is 10.8 Å². The quantitative estimate of drug-likeness (QED) is 0.744. The van der Waals surface area contributed by atoms with Crippen molar-refractivity contribution in [2.75, 3.05) is 13.1 Å². The summed E-state index contributed by atoms with van der Waals surface area (Å²) in [5.74, 6) is 0. The van der Waals surface area contributed by atoms with E-state index >= 15 is 0 Å². The van der Waals surface area contributed by atoms with Crippen LogP contribution in [0.5, 0.6) is 0 Å². The molecule has 0 fully saturated rings. The van der Waals surface area contributed by atoms with Gasteiger partial charge in [0.2, 0.25) is 0 Å². The van der Waals surface area contributed by atoms with Crippen molar-refractivity contribution in [2.45, 2.75) is 26.8 Å². The van der Waals surface area contributed by atoms with Crippen LogP contribution in [-0.4, -0.2) is 18.0 Å². The Hall–Kier alpha value is -1.34. The average molecular weight is 227 g/mol. The van der Waals surface area contributed by atoms with Gasteiger partial charge >= 0.3 is 0 Å². The first-order valence-electron chi connectivity index (χ1n) is 6.53. The molecule has 0 amide bonds. The fourth-order valence-electron chi connectivity index (χ4n) is 2.26. The molecule has 0 saturated carbocycles. The molecule has 0 aromatic heterocycles. The smallest absolute Gasteiger partial charge is 0.0233 e. The van der Waals surface area contributed by atoms with E-state index < -0.39 is 0 Å². The molecule has 0 N–H and O–H groups in total. The van der Waals surface area contributed by atoms with Crippen LogP contribution in [0.4, 0.5) is 0 Å². The van der Waals surface area contributed by atoms with Crippen LogP contribution in [-0.2, 0) is 6.54 Å². The molecule has 0 saturated heterocycles. The predicted molar refractivity (Wildman–Crippen MR) is 75.2 cm³/mol. The molecule has 0 radical (unpaired) electrons. The van der Waals surface area contributed by atoms with Crippen LogP contribution in [0.3, 0.4) is 0 Å². The summed E-state index contributed by atoms with van der Waals surface area (Å²) in [7, 11) is 0. The monoisotopic (exact) mass is 227 g/mol. The zero-order valence-corrected chi connectivity index (χ0v) is 10.8. The third-order valence-corrected chi connectivity index (χ3v) is 3.21. The van der Waals surface area contributed by atoms with E-state index in [0.29, 0.717) is 0 Å². The summed E-state index contributed by atoms with van der Waals surface area (Å²) in [5, 5.41) is 2.67. The molecule has 2 aromatic rings. The average Bonchev–Trinajstić information content (AvgIpc) is 2.38. The van der Waals surface area contributed by atoms with Crippen LogP contribution in [0.15, 0.2) is 42.5 Å². The third kappa shape index (κ3) is 3.07. The molecule has 2 aromatic carbocycles. The minimum atomic E-state index is 1.06. The molecule has 0 unspecified atom stereocenters. The second-order valence-corrected chi connectivity index (χ2v) is 4.55. The first-order valence-corrected chi connectivity index (χ1v) is 6.53. The fourth-order valence-corrected chi connectivity index (χ4v) is 2.26. The lowest BCUT2D eigenvalue weighted by Gasteiger charge is -2.19. The maximum atomic E-state index is 2.49. The van der Waals surface area contributed by atoms with Crippen LogP contribution < -0.4 is 0 Å². The summed E-state index contributed by atoms with van der Waals surface area (Å²) in [4.78, 5) is 2.49. The Kier molecular flexibility index (Phi) is 4.16. The minimum absolute atomic E-state index is 1.06. The number of hydrogen-bond donors (Lipinski definition) is 0. The first-order chi connectivity index (χ1) is 8.33. The van der Waals surface area contributed by atoms with Crippen molar-refractivity contribution < 1.29 is 0 Å². The second-order valence-electron chi connectivity index (χ2n) is 4.55. The van der Waals surface area contributed by atoms with Gasteiger partial charge in [-0.05, 0) is 41.9 Å². The van der Waals surface area contributed by atoms with Crippen molar-refractivity contribution in [3.63, 3.8) is 0 Å². The van der Waals surface area contributed by atoms with Crippen LogP contribution in [0.1, 0.15) is 25.8 Å². The molecule has 17 heavy (non-hydrogen) atoms. The lowest BCUT2D eigenvalue weighted by Crippen LogP contribution is -2.23. The Morgan fingerprint density at radius 1 is 0.941 bits per heavy atom. The van der Waals surface area contributed by atoms with E-state index in [0.717, 1.165) is 13.1 Å². The number of hydrogen-bond acceptors (Lipinski definition) is 1. The van der Waals surface area contributed by atoms with Gasteiger partial charge in [0.25, 0.3) is 0 Å². The molecule has 0 atom stereocenters. The van der Waals surface area contributed by atoms with Crippen molar-refractivity contribution in [1.29, 1.82) is 0 Å². The van der Waals surface area contributed by atoms with E-state index in [1.54, 1.807) is 0 Å². The summed E-state index contributed by atoms with van der Waals surface area (Å²) in [5.41, 5.74) is 1.42. The summed E-state index contributed by atoms with van der Waals surface area (Å²) in [6.07, 6.45) is 1.22. The van der Waals surface area contributed by atoms with E-state index in [1.807, 2.05) is 0 Å². The maximum Gasteiger partial charge on any atom is 0.0233 e. The lowest BCUT2D eigenvalue weighted by atomic mass is 10.1. The summed E-state index contributed by atoms with van der Waals surface area (Å²) < 4.78 is 0. The Morgan fingerprint density at radius 2 is 1.71 bits per heavy atom. The van der Waals surface area contributed by atoms with Gasteiger partial charge in [0.1, 0.15) is 0 Å². The molecule has 0 aliphatic rings. The van der Waals surface area contributed by atoms with Gasteiger partial charge in [0.15, 0.2) is 0 Å². The van der Waals surface area contributed by atoms with Crippen molar-refractivity contribution in [2.24, 2.45) is 0 Å². The largest absolute Gasteiger partial charge is 0.299 e. The number of fused-ring (bicyclic) bond motifs is 1. The summed E-state index contributed by atoms with van der Waals surface area (Å²) in [6, 6.07) is 15.4. The van der Waals surface area contributed by atoms with Crippen LogP contribution in [0.2, 0.25) is 0 Å². The normalized spacial score (nSPS) is 11.2. The molecule has 0 aliphatic heterocycles. The fraction of sp³-hybridized carbons (Fsp3) is 0.375. The lowest BCUT2D eigenvalue weighted by molar-refractivity contribution is 0.281. The topological polar surface area (TPSA) is 3.24 Å². The van der Waals surface area contributed by atoms with Gasteiger partial charge in [0, 0.05) is 6.54 Å². The van der Waals surface area contributed by atoms with E-state index in [4.69, 9.17) is 0 Å². The van der Waals surface area contributed by atoms with Gasteiger partial charge in [-0.25, -0.2) is 0 Å². The molecule has 1 heteroatoms. The van der Waals surface area contributed by atoms with E-state index in [9.17, 15) is 0 Å². The first kappa shape index (κ1) is 12.1. The van der Waals surface area contributed by atoms with Gasteiger partial charge in [-0.15, -0.1) is 0 Å². The predicted octanol–water partition coefficient (Wildman–Crippen LogP) is 4.07. The van der Waals surface area contributed by atoms with Gasteiger partial charge in [-0.1, -0.05) is 50.2 Å². The summed E-state index contributed by atoms with van der Waals surface area (Å²) >= 11 is 0. The highest BCUT2D eigenvalue weighted by atomic mass is 15.1. The van der Waals surface area contributed by atoms with Crippen LogP contribution in [0.25, 0.3) is 10.8 Å². The molecular formula is C16H21N. The highest BCUT2D eigenvalue weighted by Crippen LogP contribution is 2.16. The van der Waals surface area contributed by atoms with Crippen LogP contribution in [0, 0.1) is 0 Å². The molecule has 0 aliphatic carbocycles. The third-order valence-electron chi connectivity index (χ3n) is 3.21. The van der Waals surface area contributed by atoms with E-state index in [2.05, 4.69) is 61.2 Å². The Labute approximate surface area is 104 Å². The van der Waals surface area contributed by atoms with Gasteiger partial charge in [-0.2, -0.15) is 0 Å². The van der Waals surface area contributed by atoms with E-state index in [1.165, 1.54) is 29.3 Å². The highest BCUT2D eigenvalue weighted by molar-refractivity contribution is 5.82. The highest BCUT2D eigenvalue weighted by Gasteiger charge is 2.02. The zero-order chi connectivity index (χ0) is 12.1. The molecule has 0 bridgehead atoms. The van der Waals surface area contributed by atoms with Crippen LogP contribution >= 0.6 is 0 Å².